The number of ether oxygens (including phenoxy) is 1. The number of nitrogens with one attached hydrogen (secondary N) is 1. The first-order valence-corrected chi connectivity index (χ1v) is 13.8. The molecule has 1 aliphatic rings. The van der Waals surface area contributed by atoms with E-state index in [0.717, 1.165) is 35.8 Å². The molecule has 3 rings (SSSR count). The molecule has 0 atom stereocenters. The Morgan fingerprint density at radius 2 is 1.65 bits per heavy atom. The van der Waals surface area contributed by atoms with Crippen molar-refractivity contribution >= 4 is 21.8 Å². The van der Waals surface area contributed by atoms with Crippen molar-refractivity contribution in [3.63, 3.8) is 0 Å². The van der Waals surface area contributed by atoms with Crippen molar-refractivity contribution < 1.29 is 22.7 Å². The number of nitrogens with zero attached hydrogens (tertiary/aromatic N) is 3. The van der Waals surface area contributed by atoms with Crippen LogP contribution in [0, 0.1) is 13.8 Å². The summed E-state index contributed by atoms with van der Waals surface area (Å²) in [7, 11) is 2.78. The number of benzene rings is 2. The van der Waals surface area contributed by atoms with Gasteiger partial charge in [-0.25, -0.2) is 8.42 Å². The molecule has 9 nitrogen and oxygen atoms in total. The summed E-state index contributed by atoms with van der Waals surface area (Å²) in [5.74, 6) is -0.239. The molecule has 0 spiro atoms. The van der Waals surface area contributed by atoms with Gasteiger partial charge in [0.25, 0.3) is 0 Å². The van der Waals surface area contributed by atoms with E-state index >= 15 is 0 Å². The van der Waals surface area contributed by atoms with Crippen molar-refractivity contribution in [2.75, 3.05) is 54.4 Å². The molecule has 0 radical (unpaired) electrons. The van der Waals surface area contributed by atoms with Gasteiger partial charge in [-0.3, -0.25) is 9.59 Å². The van der Waals surface area contributed by atoms with Crippen LogP contribution in [0.2, 0.25) is 0 Å². The molecular formula is C27H38N4O5S. The molecule has 2 aromatic carbocycles. The lowest BCUT2D eigenvalue weighted by atomic mass is 10.00. The van der Waals surface area contributed by atoms with Gasteiger partial charge in [-0.2, -0.15) is 4.31 Å². The fraction of sp³-hybridized carbons (Fsp3) is 0.481. The van der Waals surface area contributed by atoms with E-state index in [0.29, 0.717) is 23.4 Å². The van der Waals surface area contributed by atoms with E-state index in [9.17, 15) is 18.0 Å². The van der Waals surface area contributed by atoms with Crippen LogP contribution >= 0.6 is 0 Å². The molecule has 0 bridgehead atoms. The molecule has 0 aromatic heterocycles. The van der Waals surface area contributed by atoms with Crippen molar-refractivity contribution in [1.29, 1.82) is 0 Å². The van der Waals surface area contributed by atoms with Crippen LogP contribution in [0.1, 0.15) is 27.8 Å². The van der Waals surface area contributed by atoms with Crippen LogP contribution in [0.15, 0.2) is 35.2 Å². The smallest absolute Gasteiger partial charge is 0.243 e. The van der Waals surface area contributed by atoms with E-state index < -0.39 is 22.5 Å². The number of hydrogen-bond donors (Lipinski definition) is 1. The Morgan fingerprint density at radius 1 is 1.03 bits per heavy atom. The number of hydrogen-bond acceptors (Lipinski definition) is 6. The highest BCUT2D eigenvalue weighted by molar-refractivity contribution is 7.89. The van der Waals surface area contributed by atoms with Gasteiger partial charge in [0, 0.05) is 33.7 Å². The van der Waals surface area contributed by atoms with Crippen molar-refractivity contribution in [2.24, 2.45) is 0 Å². The van der Waals surface area contributed by atoms with Crippen LogP contribution in [0.4, 0.5) is 0 Å². The molecule has 37 heavy (non-hydrogen) atoms. The Morgan fingerprint density at radius 3 is 2.27 bits per heavy atom. The third-order valence-electron chi connectivity index (χ3n) is 6.78. The summed E-state index contributed by atoms with van der Waals surface area (Å²) in [6.07, 6.45) is 2.01. The third-order valence-corrected chi connectivity index (χ3v) is 8.89. The molecule has 0 aliphatic carbocycles. The molecule has 2 aromatic rings. The number of methoxy groups -OCH3 is 1. The molecule has 2 amide bonds. The molecule has 0 saturated heterocycles. The van der Waals surface area contributed by atoms with Crippen LogP contribution in [-0.2, 0) is 39.0 Å². The Bertz CT molecular complexity index is 1240. The average Bonchev–Trinajstić information content (AvgIpc) is 3.02. The van der Waals surface area contributed by atoms with Crippen molar-refractivity contribution in [3.8, 4) is 5.75 Å². The van der Waals surface area contributed by atoms with Gasteiger partial charge in [-0.05, 0) is 73.7 Å². The van der Waals surface area contributed by atoms with Crippen molar-refractivity contribution in [2.45, 2.75) is 38.1 Å². The summed E-state index contributed by atoms with van der Waals surface area (Å²) in [6, 6.07) is 9.65. The Hall–Kier alpha value is -2.95. The zero-order chi connectivity index (χ0) is 27.3. The number of sulfonamides is 1. The SMILES string of the molecule is COc1cc(C)c(S(=O)(=O)N(C)CC(=O)NCC(=O)N(C)Cc2ccc3c(c2)CCN(C)CC3)c(C)c1. The number of aryl methyl sites for hydroxylation is 2. The molecule has 1 N–H and O–H groups in total. The fourth-order valence-corrected chi connectivity index (χ4v) is 6.12. The summed E-state index contributed by atoms with van der Waals surface area (Å²) in [6.45, 7) is 5.26. The molecular weight excluding hydrogens is 492 g/mol. The topological polar surface area (TPSA) is 99.3 Å². The Balaban J connectivity index is 1.55. The first kappa shape index (κ1) is 28.6. The zero-order valence-electron chi connectivity index (χ0n) is 22.6. The largest absolute Gasteiger partial charge is 0.497 e. The highest BCUT2D eigenvalue weighted by Crippen LogP contribution is 2.27. The summed E-state index contributed by atoms with van der Waals surface area (Å²) in [4.78, 5) is 29.2. The third kappa shape index (κ3) is 7.09. The second-order valence-corrected chi connectivity index (χ2v) is 11.8. The maximum absolute atomic E-state index is 13.1. The molecule has 202 valence electrons. The van der Waals surface area contributed by atoms with Gasteiger partial charge >= 0.3 is 0 Å². The maximum atomic E-state index is 13.1. The molecule has 1 heterocycles. The molecule has 1 aliphatic heterocycles. The van der Waals surface area contributed by atoms with E-state index in [1.54, 1.807) is 37.9 Å². The van der Waals surface area contributed by atoms with Gasteiger partial charge < -0.3 is 19.9 Å². The minimum atomic E-state index is -3.91. The highest BCUT2D eigenvalue weighted by atomic mass is 32.2. The van der Waals surface area contributed by atoms with Gasteiger partial charge in [0.05, 0.1) is 25.1 Å². The standard InChI is InChI=1S/C27H38N4O5S/c1-19-13-24(36-6)14-20(2)27(19)37(34,35)31(5)18-25(32)28-16-26(33)30(4)17-21-7-8-22-9-11-29(3)12-10-23(22)15-21/h7-8,13-15H,9-12,16-18H2,1-6H3,(H,28,32). The minimum Gasteiger partial charge on any atom is -0.497 e. The van der Waals surface area contributed by atoms with Gasteiger partial charge in [0.15, 0.2) is 0 Å². The summed E-state index contributed by atoms with van der Waals surface area (Å²) in [5, 5.41) is 2.55. The maximum Gasteiger partial charge on any atom is 0.243 e. The highest BCUT2D eigenvalue weighted by Gasteiger charge is 2.27. The molecule has 0 fully saturated rings. The normalized spacial score (nSPS) is 14.1. The van der Waals surface area contributed by atoms with Crippen LogP contribution in [0.3, 0.4) is 0 Å². The molecule has 0 saturated carbocycles. The summed E-state index contributed by atoms with van der Waals surface area (Å²) >= 11 is 0. The van der Waals surface area contributed by atoms with E-state index in [1.807, 2.05) is 0 Å². The lowest BCUT2D eigenvalue weighted by Crippen LogP contribution is -2.43. The van der Waals surface area contributed by atoms with Crippen molar-refractivity contribution in [1.82, 2.24) is 19.4 Å². The first-order chi connectivity index (χ1) is 17.4. The van der Waals surface area contributed by atoms with Crippen LogP contribution < -0.4 is 10.1 Å². The Kier molecular flexibility index (Phi) is 9.33. The second kappa shape index (κ2) is 12.1. The fourth-order valence-electron chi connectivity index (χ4n) is 4.59. The summed E-state index contributed by atoms with van der Waals surface area (Å²) in [5.41, 5.74) is 4.79. The quantitative estimate of drug-likeness (QED) is 0.530. The zero-order valence-corrected chi connectivity index (χ0v) is 23.4. The number of rotatable bonds is 9. The van der Waals surface area contributed by atoms with E-state index in [-0.39, 0.29) is 17.3 Å². The Labute approximate surface area is 220 Å². The first-order valence-electron chi connectivity index (χ1n) is 12.3. The van der Waals surface area contributed by atoms with Crippen LogP contribution in [-0.4, -0.2) is 88.8 Å². The van der Waals surface area contributed by atoms with E-state index in [1.165, 1.54) is 25.3 Å². The second-order valence-electron chi connectivity index (χ2n) is 9.78. The number of amides is 2. The predicted octanol–water partition coefficient (Wildman–Crippen LogP) is 1.74. The van der Waals surface area contributed by atoms with Crippen LogP contribution in [0.25, 0.3) is 0 Å². The van der Waals surface area contributed by atoms with Crippen molar-refractivity contribution in [3.05, 3.63) is 58.1 Å². The van der Waals surface area contributed by atoms with E-state index in [2.05, 4.69) is 35.5 Å². The van der Waals surface area contributed by atoms with Crippen LogP contribution in [0.5, 0.6) is 5.75 Å². The van der Waals surface area contributed by atoms with Gasteiger partial charge in [0.2, 0.25) is 21.8 Å². The number of likely N-dealkylation sites (N-methyl/N-ethyl adjacent to an activating group) is 3. The average molecular weight is 531 g/mol. The van der Waals surface area contributed by atoms with E-state index in [4.69, 9.17) is 4.74 Å². The monoisotopic (exact) mass is 530 g/mol. The number of fused-ring (bicyclic) bond motifs is 1. The number of carbonyl (C=O) groups excluding carboxylic acids is 2. The minimum absolute atomic E-state index is 0.145. The van der Waals surface area contributed by atoms with Gasteiger partial charge in [-0.15, -0.1) is 0 Å². The molecule has 0 unspecified atom stereocenters. The predicted molar refractivity (Wildman–Crippen MR) is 143 cm³/mol. The van der Waals surface area contributed by atoms with Gasteiger partial charge in [-0.1, -0.05) is 18.2 Å². The lowest BCUT2D eigenvalue weighted by Gasteiger charge is -2.21. The summed E-state index contributed by atoms with van der Waals surface area (Å²) < 4.78 is 32.4. The lowest BCUT2D eigenvalue weighted by molar-refractivity contribution is -0.132. The number of carbonyl (C=O) groups is 2. The molecule has 10 heteroatoms. The van der Waals surface area contributed by atoms with Gasteiger partial charge in [0.1, 0.15) is 5.75 Å².